The van der Waals surface area contributed by atoms with Crippen molar-refractivity contribution >= 4 is 29.4 Å². The lowest BCUT2D eigenvalue weighted by atomic mass is 10.1. The molecular formula is C21H25N3O3S. The predicted octanol–water partition coefficient (Wildman–Crippen LogP) is 3.11. The summed E-state index contributed by atoms with van der Waals surface area (Å²) < 4.78 is 5.13. The number of thioether (sulfide) groups is 1. The van der Waals surface area contributed by atoms with Gasteiger partial charge in [-0.05, 0) is 41.6 Å². The zero-order valence-corrected chi connectivity index (χ0v) is 17.2. The van der Waals surface area contributed by atoms with Crippen LogP contribution >= 0.6 is 11.8 Å². The smallest absolute Gasteiger partial charge is 0.410 e. The van der Waals surface area contributed by atoms with E-state index >= 15 is 0 Å². The molecule has 2 aromatic carbocycles. The minimum Gasteiger partial charge on any atom is -0.447 e. The number of cyclic esters (lactones) is 1. The number of hydrogen-bond acceptors (Lipinski definition) is 5. The van der Waals surface area contributed by atoms with Crippen LogP contribution in [0.3, 0.4) is 0 Å². The van der Waals surface area contributed by atoms with Crippen molar-refractivity contribution in [3.8, 4) is 0 Å². The molecule has 1 fully saturated rings. The van der Waals surface area contributed by atoms with Gasteiger partial charge in [0.05, 0.1) is 6.54 Å². The molecule has 1 heterocycles. The molecule has 0 bridgehead atoms. The Kier molecular flexibility index (Phi) is 6.46. The van der Waals surface area contributed by atoms with E-state index in [9.17, 15) is 9.59 Å². The van der Waals surface area contributed by atoms with E-state index in [0.717, 1.165) is 21.7 Å². The summed E-state index contributed by atoms with van der Waals surface area (Å²) in [4.78, 5) is 29.4. The minimum atomic E-state index is -0.617. The van der Waals surface area contributed by atoms with Gasteiger partial charge < -0.3 is 15.0 Å². The zero-order chi connectivity index (χ0) is 20.1. The van der Waals surface area contributed by atoms with E-state index in [2.05, 4.69) is 5.32 Å². The van der Waals surface area contributed by atoms with E-state index < -0.39 is 12.1 Å². The molecule has 6 nitrogen and oxygen atoms in total. The van der Waals surface area contributed by atoms with Gasteiger partial charge in [-0.1, -0.05) is 24.3 Å². The van der Waals surface area contributed by atoms with E-state index in [0.29, 0.717) is 13.1 Å². The normalized spacial score (nSPS) is 16.0. The molecule has 1 saturated heterocycles. The first-order chi connectivity index (χ1) is 13.5. The van der Waals surface area contributed by atoms with Crippen LogP contribution in [0, 0.1) is 0 Å². The lowest BCUT2D eigenvalue weighted by Crippen LogP contribution is -2.45. The second-order valence-electron chi connectivity index (χ2n) is 6.85. The largest absolute Gasteiger partial charge is 0.447 e. The van der Waals surface area contributed by atoms with E-state index in [1.807, 2.05) is 73.8 Å². The molecule has 1 N–H and O–H groups in total. The van der Waals surface area contributed by atoms with Crippen molar-refractivity contribution < 1.29 is 14.3 Å². The molecule has 3 rings (SSSR count). The highest BCUT2D eigenvalue weighted by Gasteiger charge is 2.37. The first kappa shape index (κ1) is 20.1. The van der Waals surface area contributed by atoms with Gasteiger partial charge >= 0.3 is 6.09 Å². The van der Waals surface area contributed by atoms with Crippen LogP contribution in [-0.4, -0.2) is 49.9 Å². The number of rotatable bonds is 7. The molecule has 0 unspecified atom stereocenters. The molecule has 148 valence electrons. The second kappa shape index (κ2) is 9.01. The fourth-order valence-electron chi connectivity index (χ4n) is 2.99. The van der Waals surface area contributed by atoms with Crippen molar-refractivity contribution in [3.63, 3.8) is 0 Å². The molecule has 2 amide bonds. The summed E-state index contributed by atoms with van der Waals surface area (Å²) >= 11 is 1.66. The number of ether oxygens (including phenoxy) is 1. The monoisotopic (exact) mass is 399 g/mol. The number of nitrogens with zero attached hydrogens (tertiary/aromatic N) is 2. The molecule has 0 spiro atoms. The fraction of sp³-hybridized carbons (Fsp3) is 0.333. The number of benzene rings is 2. The maximum absolute atomic E-state index is 12.6. The van der Waals surface area contributed by atoms with Gasteiger partial charge in [0.25, 0.3) is 0 Å². The quantitative estimate of drug-likeness (QED) is 0.725. The summed E-state index contributed by atoms with van der Waals surface area (Å²) in [5.74, 6) is -0.205. The van der Waals surface area contributed by atoms with E-state index in [4.69, 9.17) is 4.74 Å². The van der Waals surface area contributed by atoms with Crippen molar-refractivity contribution in [1.29, 1.82) is 0 Å². The second-order valence-corrected chi connectivity index (χ2v) is 7.73. The predicted molar refractivity (Wildman–Crippen MR) is 112 cm³/mol. The van der Waals surface area contributed by atoms with Gasteiger partial charge in [0, 0.05) is 31.2 Å². The van der Waals surface area contributed by atoms with Gasteiger partial charge in [0.1, 0.15) is 12.6 Å². The minimum absolute atomic E-state index is 0.0765. The van der Waals surface area contributed by atoms with Crippen LogP contribution in [0.15, 0.2) is 53.4 Å². The van der Waals surface area contributed by atoms with Crippen molar-refractivity contribution in [2.45, 2.75) is 24.0 Å². The summed E-state index contributed by atoms with van der Waals surface area (Å²) in [5.41, 5.74) is 3.07. The molecule has 1 aliphatic heterocycles. The third kappa shape index (κ3) is 4.78. The van der Waals surface area contributed by atoms with Crippen LogP contribution in [0.25, 0.3) is 0 Å². The molecule has 2 aromatic rings. The summed E-state index contributed by atoms with van der Waals surface area (Å²) in [6.07, 6.45) is 1.56. The highest BCUT2D eigenvalue weighted by atomic mass is 32.2. The van der Waals surface area contributed by atoms with Crippen LogP contribution in [0.2, 0.25) is 0 Å². The lowest BCUT2D eigenvalue weighted by Gasteiger charge is -2.21. The molecule has 1 aliphatic rings. The number of hydrogen-bond donors (Lipinski definition) is 1. The standard InChI is InChI=1S/C21H25N3O3S/c1-23(2)17-8-4-15(5-9-17)12-22-20(25)19-14-27-21(26)24(19)13-16-6-10-18(28-3)11-7-16/h4-11,19H,12-14H2,1-3H3,(H,22,25)/t19-/m0/s1. The van der Waals surface area contributed by atoms with E-state index in [1.54, 1.807) is 11.8 Å². The average Bonchev–Trinajstić information content (AvgIpc) is 3.07. The Labute approximate surface area is 169 Å². The van der Waals surface area contributed by atoms with Gasteiger partial charge in [0.2, 0.25) is 5.91 Å². The Morgan fingerprint density at radius 3 is 2.39 bits per heavy atom. The van der Waals surface area contributed by atoms with Crippen molar-refractivity contribution in [2.24, 2.45) is 0 Å². The van der Waals surface area contributed by atoms with Gasteiger partial charge in [-0.2, -0.15) is 0 Å². The maximum atomic E-state index is 12.6. The number of carbonyl (C=O) groups is 2. The van der Waals surface area contributed by atoms with Crippen LogP contribution in [0.5, 0.6) is 0 Å². The Bertz CT molecular complexity index is 822. The average molecular weight is 400 g/mol. The topological polar surface area (TPSA) is 61.9 Å². The summed E-state index contributed by atoms with van der Waals surface area (Å²) in [6, 6.07) is 15.3. The van der Waals surface area contributed by atoms with Crippen molar-refractivity contribution in [2.75, 3.05) is 31.9 Å². The van der Waals surface area contributed by atoms with Gasteiger partial charge in [-0.25, -0.2) is 4.79 Å². The van der Waals surface area contributed by atoms with E-state index in [-0.39, 0.29) is 12.5 Å². The SMILES string of the molecule is CSc1ccc(CN2C(=O)OC[C@H]2C(=O)NCc2ccc(N(C)C)cc2)cc1. The summed E-state index contributed by atoms with van der Waals surface area (Å²) in [7, 11) is 3.97. The third-order valence-electron chi connectivity index (χ3n) is 4.71. The highest BCUT2D eigenvalue weighted by molar-refractivity contribution is 7.98. The Morgan fingerprint density at radius 2 is 1.79 bits per heavy atom. The molecular weight excluding hydrogens is 374 g/mol. The van der Waals surface area contributed by atoms with Gasteiger partial charge in [0.15, 0.2) is 0 Å². The highest BCUT2D eigenvalue weighted by Crippen LogP contribution is 2.20. The van der Waals surface area contributed by atoms with Gasteiger partial charge in [-0.15, -0.1) is 11.8 Å². The number of carbonyl (C=O) groups excluding carboxylic acids is 2. The first-order valence-corrected chi connectivity index (χ1v) is 10.3. The Hall–Kier alpha value is -2.67. The summed E-state index contributed by atoms with van der Waals surface area (Å²) in [6.45, 7) is 0.837. The van der Waals surface area contributed by atoms with Gasteiger partial charge in [-0.3, -0.25) is 9.69 Å². The fourth-order valence-corrected chi connectivity index (χ4v) is 3.40. The number of nitrogens with one attached hydrogen (secondary N) is 1. The molecule has 0 saturated carbocycles. The molecule has 0 aromatic heterocycles. The van der Waals surface area contributed by atoms with Crippen LogP contribution < -0.4 is 10.2 Å². The van der Waals surface area contributed by atoms with Crippen molar-refractivity contribution in [3.05, 3.63) is 59.7 Å². The Balaban J connectivity index is 1.60. The molecule has 7 heteroatoms. The van der Waals surface area contributed by atoms with Crippen LogP contribution in [0.4, 0.5) is 10.5 Å². The first-order valence-electron chi connectivity index (χ1n) is 9.08. The molecule has 1 atom stereocenters. The molecule has 0 radical (unpaired) electrons. The lowest BCUT2D eigenvalue weighted by molar-refractivity contribution is -0.125. The summed E-state index contributed by atoms with van der Waals surface area (Å²) in [5, 5.41) is 2.91. The van der Waals surface area contributed by atoms with E-state index in [1.165, 1.54) is 4.90 Å². The zero-order valence-electron chi connectivity index (χ0n) is 16.3. The van der Waals surface area contributed by atoms with Crippen LogP contribution in [0.1, 0.15) is 11.1 Å². The molecule has 28 heavy (non-hydrogen) atoms. The Morgan fingerprint density at radius 1 is 1.14 bits per heavy atom. The maximum Gasteiger partial charge on any atom is 0.410 e. The number of amides is 2. The third-order valence-corrected chi connectivity index (χ3v) is 5.45. The van der Waals surface area contributed by atoms with Crippen molar-refractivity contribution in [1.82, 2.24) is 10.2 Å². The number of anilines is 1. The molecule has 0 aliphatic carbocycles. The van der Waals surface area contributed by atoms with Crippen LogP contribution in [-0.2, 0) is 22.6 Å².